The zero-order valence-electron chi connectivity index (χ0n) is 15.3. The van der Waals surface area contributed by atoms with Crippen LogP contribution in [0.5, 0.6) is 0 Å². The molecule has 2 aromatic carbocycles. The maximum atomic E-state index is 12.5. The molecule has 0 atom stereocenters. The molecule has 1 N–H and O–H groups in total. The van der Waals surface area contributed by atoms with Crippen LogP contribution in [-0.2, 0) is 9.53 Å². The number of nitrogens with one attached hydrogen (secondary N) is 1. The van der Waals surface area contributed by atoms with Gasteiger partial charge in [0.2, 0.25) is 11.1 Å². The minimum Gasteiger partial charge on any atom is -0.378 e. The Hall–Kier alpha value is -2.84. The first-order chi connectivity index (χ1) is 13.8. The number of carbonyl (C=O) groups is 1. The lowest BCUT2D eigenvalue weighted by atomic mass is 10.2. The Morgan fingerprint density at radius 1 is 1.07 bits per heavy atom. The highest BCUT2D eigenvalue weighted by atomic mass is 32.2. The van der Waals surface area contributed by atoms with E-state index in [1.54, 1.807) is 11.0 Å². The minimum absolute atomic E-state index is 0.0817. The average molecular weight is 395 g/mol. The first-order valence-electron chi connectivity index (χ1n) is 9.11. The maximum Gasteiger partial charge on any atom is 0.234 e. The van der Waals surface area contributed by atoms with E-state index in [0.29, 0.717) is 18.4 Å². The summed E-state index contributed by atoms with van der Waals surface area (Å²) < 4.78 is 7.12. The van der Waals surface area contributed by atoms with Crippen LogP contribution in [0.25, 0.3) is 5.69 Å². The number of morpholine rings is 1. The summed E-state index contributed by atoms with van der Waals surface area (Å²) in [6.07, 6.45) is 1.66. The maximum absolute atomic E-state index is 12.5. The fourth-order valence-electron chi connectivity index (χ4n) is 2.99. The van der Waals surface area contributed by atoms with Gasteiger partial charge >= 0.3 is 0 Å². The molecule has 2 heterocycles. The van der Waals surface area contributed by atoms with Gasteiger partial charge < -0.3 is 15.0 Å². The number of aromatic nitrogens is 3. The minimum atomic E-state index is -0.0817. The Labute approximate surface area is 167 Å². The molecule has 0 bridgehead atoms. The van der Waals surface area contributed by atoms with Crippen molar-refractivity contribution in [2.24, 2.45) is 0 Å². The lowest BCUT2D eigenvalue weighted by molar-refractivity contribution is -0.113. The molecule has 0 radical (unpaired) electrons. The van der Waals surface area contributed by atoms with Crippen molar-refractivity contribution in [3.63, 3.8) is 0 Å². The highest BCUT2D eigenvalue weighted by Gasteiger charge is 2.16. The second kappa shape index (κ2) is 8.90. The number of carbonyl (C=O) groups excluding carboxylic acids is 1. The Morgan fingerprint density at radius 3 is 2.64 bits per heavy atom. The van der Waals surface area contributed by atoms with E-state index in [0.717, 1.165) is 30.2 Å². The van der Waals surface area contributed by atoms with Crippen molar-refractivity contribution in [2.75, 3.05) is 42.3 Å². The Bertz CT molecular complexity index is 925. The second-order valence-corrected chi connectivity index (χ2v) is 7.20. The normalized spacial score (nSPS) is 14.1. The first-order valence-corrected chi connectivity index (χ1v) is 10.1. The van der Waals surface area contributed by atoms with Crippen molar-refractivity contribution in [3.8, 4) is 5.69 Å². The molecule has 1 fully saturated rings. The zero-order valence-corrected chi connectivity index (χ0v) is 16.1. The summed E-state index contributed by atoms with van der Waals surface area (Å²) in [5.41, 5.74) is 2.78. The first kappa shape index (κ1) is 18.5. The summed E-state index contributed by atoms with van der Waals surface area (Å²) in [5, 5.41) is 8.00. The highest BCUT2D eigenvalue weighted by molar-refractivity contribution is 7.99. The molecule has 8 heteroatoms. The molecule has 1 aliphatic rings. The summed E-state index contributed by atoms with van der Waals surface area (Å²) in [4.78, 5) is 19.0. The number of hydrogen-bond donors (Lipinski definition) is 1. The van der Waals surface area contributed by atoms with E-state index in [1.165, 1.54) is 11.8 Å². The van der Waals surface area contributed by atoms with E-state index in [2.05, 4.69) is 20.3 Å². The molecule has 0 saturated carbocycles. The van der Waals surface area contributed by atoms with Gasteiger partial charge in [-0.15, -0.1) is 5.10 Å². The van der Waals surface area contributed by atoms with Gasteiger partial charge in [-0.05, 0) is 24.3 Å². The molecular weight excluding hydrogens is 374 g/mol. The number of amides is 1. The van der Waals surface area contributed by atoms with Crippen molar-refractivity contribution in [1.82, 2.24) is 14.8 Å². The SMILES string of the molecule is O=C(CSc1ncn(-c2ccccc2)n1)Nc1ccccc1N1CCOCC1. The molecule has 0 unspecified atom stereocenters. The predicted octanol–water partition coefficient (Wildman–Crippen LogP) is 2.83. The number of nitrogens with zero attached hydrogens (tertiary/aromatic N) is 4. The molecule has 7 nitrogen and oxygen atoms in total. The molecule has 1 amide bonds. The van der Waals surface area contributed by atoms with Crippen LogP contribution >= 0.6 is 11.8 Å². The third-order valence-electron chi connectivity index (χ3n) is 4.35. The number of para-hydroxylation sites is 3. The highest BCUT2D eigenvalue weighted by Crippen LogP contribution is 2.26. The van der Waals surface area contributed by atoms with Crippen LogP contribution in [-0.4, -0.2) is 52.7 Å². The lowest BCUT2D eigenvalue weighted by Crippen LogP contribution is -2.36. The van der Waals surface area contributed by atoms with Crippen LogP contribution in [0.2, 0.25) is 0 Å². The van der Waals surface area contributed by atoms with E-state index < -0.39 is 0 Å². The average Bonchev–Trinajstić information content (AvgIpc) is 3.23. The van der Waals surface area contributed by atoms with Crippen LogP contribution in [0.3, 0.4) is 0 Å². The molecule has 3 aromatic rings. The van der Waals surface area contributed by atoms with Crippen LogP contribution in [0.15, 0.2) is 66.1 Å². The molecule has 1 aromatic heterocycles. The number of hydrogen-bond acceptors (Lipinski definition) is 6. The second-order valence-electron chi connectivity index (χ2n) is 6.26. The topological polar surface area (TPSA) is 72.3 Å². The smallest absolute Gasteiger partial charge is 0.234 e. The van der Waals surface area contributed by atoms with Crippen molar-refractivity contribution in [2.45, 2.75) is 5.16 Å². The number of benzene rings is 2. The summed E-state index contributed by atoms with van der Waals surface area (Å²) in [5.74, 6) is 0.165. The van der Waals surface area contributed by atoms with Gasteiger partial charge in [-0.2, -0.15) is 0 Å². The number of thioether (sulfide) groups is 1. The molecule has 4 rings (SSSR count). The van der Waals surface area contributed by atoms with Gasteiger partial charge in [0.05, 0.1) is 36.0 Å². The molecule has 1 saturated heterocycles. The summed E-state index contributed by atoms with van der Waals surface area (Å²) in [7, 11) is 0. The third-order valence-corrected chi connectivity index (χ3v) is 5.21. The van der Waals surface area contributed by atoms with E-state index in [9.17, 15) is 4.79 Å². The van der Waals surface area contributed by atoms with Gasteiger partial charge in [0.25, 0.3) is 0 Å². The molecule has 144 valence electrons. The Morgan fingerprint density at radius 2 is 1.82 bits per heavy atom. The van der Waals surface area contributed by atoms with Gasteiger partial charge in [-0.1, -0.05) is 42.1 Å². The summed E-state index contributed by atoms with van der Waals surface area (Å²) in [6, 6.07) is 17.6. The number of ether oxygens (including phenoxy) is 1. The molecule has 28 heavy (non-hydrogen) atoms. The molecule has 0 aliphatic carbocycles. The fourth-order valence-corrected chi connectivity index (χ4v) is 3.59. The van der Waals surface area contributed by atoms with Gasteiger partial charge in [0, 0.05) is 13.1 Å². The zero-order chi connectivity index (χ0) is 19.2. The number of rotatable bonds is 6. The van der Waals surface area contributed by atoms with Crippen LogP contribution < -0.4 is 10.2 Å². The number of anilines is 2. The van der Waals surface area contributed by atoms with Crippen molar-refractivity contribution >= 4 is 29.0 Å². The van der Waals surface area contributed by atoms with E-state index in [4.69, 9.17) is 4.74 Å². The van der Waals surface area contributed by atoms with Crippen molar-refractivity contribution in [1.29, 1.82) is 0 Å². The Balaban J connectivity index is 1.36. The van der Waals surface area contributed by atoms with E-state index >= 15 is 0 Å². The van der Waals surface area contributed by atoms with Gasteiger partial charge in [0.1, 0.15) is 6.33 Å². The summed E-state index contributed by atoms with van der Waals surface area (Å²) >= 11 is 1.32. The monoisotopic (exact) mass is 395 g/mol. The summed E-state index contributed by atoms with van der Waals surface area (Å²) in [6.45, 7) is 3.05. The fraction of sp³-hybridized carbons (Fsp3) is 0.250. The Kier molecular flexibility index (Phi) is 5.89. The van der Waals surface area contributed by atoms with Gasteiger partial charge in [-0.25, -0.2) is 9.67 Å². The van der Waals surface area contributed by atoms with Crippen LogP contribution in [0, 0.1) is 0 Å². The quantitative estimate of drug-likeness (QED) is 0.647. The molecule has 1 aliphatic heterocycles. The van der Waals surface area contributed by atoms with Crippen LogP contribution in [0.4, 0.5) is 11.4 Å². The van der Waals surface area contributed by atoms with E-state index in [-0.39, 0.29) is 11.7 Å². The van der Waals surface area contributed by atoms with Crippen molar-refractivity contribution < 1.29 is 9.53 Å². The van der Waals surface area contributed by atoms with E-state index in [1.807, 2.05) is 54.6 Å². The third kappa shape index (κ3) is 4.52. The standard InChI is InChI=1S/C20H21N5O2S/c26-19(14-28-20-21-15-25(23-20)16-6-2-1-3-7-16)22-17-8-4-5-9-18(17)24-10-12-27-13-11-24/h1-9,15H,10-14H2,(H,22,26). The van der Waals surface area contributed by atoms with Crippen LogP contribution in [0.1, 0.15) is 0 Å². The van der Waals surface area contributed by atoms with Gasteiger partial charge in [0.15, 0.2) is 0 Å². The lowest BCUT2D eigenvalue weighted by Gasteiger charge is -2.30. The molecule has 0 spiro atoms. The molecular formula is C20H21N5O2S. The largest absolute Gasteiger partial charge is 0.378 e. The van der Waals surface area contributed by atoms with Gasteiger partial charge in [-0.3, -0.25) is 4.79 Å². The predicted molar refractivity (Wildman–Crippen MR) is 110 cm³/mol. The van der Waals surface area contributed by atoms with Crippen molar-refractivity contribution in [3.05, 3.63) is 60.9 Å².